The Morgan fingerprint density at radius 2 is 2.12 bits per heavy atom. The summed E-state index contributed by atoms with van der Waals surface area (Å²) in [7, 11) is 1.73. The van der Waals surface area contributed by atoms with Gasteiger partial charge in [-0.05, 0) is 11.5 Å². The average Bonchev–Trinajstić information content (AvgIpc) is 2.15. The largest absolute Gasteiger partial charge is 0.505 e. The minimum absolute atomic E-state index is 0.0348. The van der Waals surface area contributed by atoms with Crippen molar-refractivity contribution in [2.24, 2.45) is 5.41 Å². The predicted molar refractivity (Wildman–Crippen MR) is 62.3 cm³/mol. The summed E-state index contributed by atoms with van der Waals surface area (Å²) < 4.78 is 0. The van der Waals surface area contributed by atoms with Crippen molar-refractivity contribution in [2.45, 2.75) is 20.8 Å². The molecule has 0 saturated carbocycles. The van der Waals surface area contributed by atoms with Gasteiger partial charge in [-0.25, -0.2) is 0 Å². The third-order valence-corrected chi connectivity index (χ3v) is 2.09. The number of carbonyl (C=O) groups excluding carboxylic acids is 1. The van der Waals surface area contributed by atoms with Crippen molar-refractivity contribution in [3.63, 3.8) is 0 Å². The van der Waals surface area contributed by atoms with E-state index in [0.717, 1.165) is 0 Å². The topological polar surface area (TPSA) is 53.4 Å². The summed E-state index contributed by atoms with van der Waals surface area (Å²) in [4.78, 5) is 17.3. The van der Waals surface area contributed by atoms with E-state index in [1.807, 2.05) is 0 Å². The van der Waals surface area contributed by atoms with Crippen LogP contribution < -0.4 is 0 Å². The summed E-state index contributed by atoms with van der Waals surface area (Å²) in [6, 6.07) is 1.52. The second-order valence-electron chi connectivity index (χ2n) is 5.11. The van der Waals surface area contributed by atoms with Crippen molar-refractivity contribution in [2.75, 3.05) is 13.6 Å². The van der Waals surface area contributed by atoms with Crippen LogP contribution in [-0.4, -0.2) is 34.5 Å². The third-order valence-electron chi connectivity index (χ3n) is 2.09. The molecule has 4 heteroatoms. The maximum absolute atomic E-state index is 12.0. The van der Waals surface area contributed by atoms with E-state index in [-0.39, 0.29) is 17.1 Å². The first-order valence-corrected chi connectivity index (χ1v) is 5.20. The molecule has 0 unspecified atom stereocenters. The predicted octanol–water partition coefficient (Wildman–Crippen LogP) is 1.91. The lowest BCUT2D eigenvalue weighted by molar-refractivity contribution is 0.0742. The monoisotopic (exact) mass is 222 g/mol. The molecule has 0 fully saturated rings. The van der Waals surface area contributed by atoms with E-state index in [1.54, 1.807) is 11.9 Å². The van der Waals surface area contributed by atoms with Gasteiger partial charge in [0.15, 0.2) is 0 Å². The SMILES string of the molecule is CN(CC(C)(C)C)C(=O)c1ccncc1O. The van der Waals surface area contributed by atoms with E-state index < -0.39 is 0 Å². The molecule has 1 aromatic heterocycles. The van der Waals surface area contributed by atoms with Gasteiger partial charge in [0, 0.05) is 19.8 Å². The number of rotatable bonds is 2. The number of nitrogens with zero attached hydrogens (tertiary/aromatic N) is 2. The van der Waals surface area contributed by atoms with Gasteiger partial charge in [0.05, 0.1) is 11.8 Å². The van der Waals surface area contributed by atoms with Crippen LogP contribution in [0.25, 0.3) is 0 Å². The maximum Gasteiger partial charge on any atom is 0.257 e. The van der Waals surface area contributed by atoms with Gasteiger partial charge in [-0.15, -0.1) is 0 Å². The van der Waals surface area contributed by atoms with Crippen LogP contribution in [0.15, 0.2) is 18.5 Å². The zero-order valence-electron chi connectivity index (χ0n) is 10.2. The second kappa shape index (κ2) is 4.51. The molecule has 0 atom stereocenters. The standard InChI is InChI=1S/C12H18N2O2/c1-12(2,3)8-14(4)11(16)9-5-6-13-7-10(9)15/h5-7,15H,8H2,1-4H3. The molecule has 0 bridgehead atoms. The molecule has 1 N–H and O–H groups in total. The normalized spacial score (nSPS) is 11.2. The van der Waals surface area contributed by atoms with Crippen molar-refractivity contribution in [3.05, 3.63) is 24.0 Å². The van der Waals surface area contributed by atoms with Crippen LogP contribution in [0.4, 0.5) is 0 Å². The van der Waals surface area contributed by atoms with Gasteiger partial charge in [-0.1, -0.05) is 20.8 Å². The van der Waals surface area contributed by atoms with Crippen LogP contribution in [0.2, 0.25) is 0 Å². The summed E-state index contributed by atoms with van der Waals surface area (Å²) in [5.74, 6) is -0.261. The van der Waals surface area contributed by atoms with Gasteiger partial charge in [-0.3, -0.25) is 9.78 Å². The molecule has 1 amide bonds. The minimum Gasteiger partial charge on any atom is -0.505 e. The first-order chi connectivity index (χ1) is 7.31. The van der Waals surface area contributed by atoms with E-state index in [4.69, 9.17) is 0 Å². The molecule has 0 aliphatic rings. The van der Waals surface area contributed by atoms with Crippen LogP contribution in [0.1, 0.15) is 31.1 Å². The van der Waals surface area contributed by atoms with Gasteiger partial charge in [0.1, 0.15) is 5.75 Å². The summed E-state index contributed by atoms with van der Waals surface area (Å²) >= 11 is 0. The lowest BCUT2D eigenvalue weighted by Gasteiger charge is -2.26. The van der Waals surface area contributed by atoms with Crippen LogP contribution in [0.3, 0.4) is 0 Å². The fourth-order valence-electron chi connectivity index (χ4n) is 1.56. The Bertz CT molecular complexity index is 383. The van der Waals surface area contributed by atoms with E-state index in [1.165, 1.54) is 18.5 Å². The lowest BCUT2D eigenvalue weighted by Crippen LogP contribution is -2.34. The van der Waals surface area contributed by atoms with Crippen LogP contribution in [0, 0.1) is 5.41 Å². The van der Waals surface area contributed by atoms with Gasteiger partial charge < -0.3 is 10.0 Å². The van der Waals surface area contributed by atoms with Crippen LogP contribution in [0.5, 0.6) is 5.75 Å². The Labute approximate surface area is 95.9 Å². The van der Waals surface area contributed by atoms with Crippen molar-refractivity contribution in [1.82, 2.24) is 9.88 Å². The van der Waals surface area contributed by atoms with E-state index in [0.29, 0.717) is 12.1 Å². The summed E-state index contributed by atoms with van der Waals surface area (Å²) in [6.07, 6.45) is 2.77. The second-order valence-corrected chi connectivity index (χ2v) is 5.11. The van der Waals surface area contributed by atoms with Gasteiger partial charge >= 0.3 is 0 Å². The molecule has 1 aromatic rings. The van der Waals surface area contributed by atoms with Crippen molar-refractivity contribution >= 4 is 5.91 Å². The lowest BCUT2D eigenvalue weighted by atomic mass is 9.96. The first kappa shape index (κ1) is 12.5. The number of aromatic nitrogens is 1. The molecule has 0 aromatic carbocycles. The zero-order chi connectivity index (χ0) is 12.3. The minimum atomic E-state index is -0.185. The molecule has 88 valence electrons. The van der Waals surface area contributed by atoms with E-state index >= 15 is 0 Å². The molecule has 0 radical (unpaired) electrons. The van der Waals surface area contributed by atoms with E-state index in [2.05, 4.69) is 25.8 Å². The Hall–Kier alpha value is -1.58. The fraction of sp³-hybridized carbons (Fsp3) is 0.500. The smallest absolute Gasteiger partial charge is 0.257 e. The number of pyridine rings is 1. The summed E-state index contributed by atoms with van der Waals surface area (Å²) in [5.41, 5.74) is 0.328. The molecular weight excluding hydrogens is 204 g/mol. The van der Waals surface area contributed by atoms with Crippen LogP contribution in [-0.2, 0) is 0 Å². The Morgan fingerprint density at radius 3 is 2.62 bits per heavy atom. The molecule has 0 aliphatic carbocycles. The highest BCUT2D eigenvalue weighted by molar-refractivity contribution is 5.96. The zero-order valence-corrected chi connectivity index (χ0v) is 10.2. The molecule has 0 aliphatic heterocycles. The molecule has 16 heavy (non-hydrogen) atoms. The van der Waals surface area contributed by atoms with E-state index in [9.17, 15) is 9.90 Å². The average molecular weight is 222 g/mol. The Kier molecular flexibility index (Phi) is 3.52. The van der Waals surface area contributed by atoms with Gasteiger partial charge in [0.2, 0.25) is 0 Å². The molecule has 1 rings (SSSR count). The summed E-state index contributed by atoms with van der Waals surface area (Å²) in [5, 5.41) is 9.52. The number of carbonyl (C=O) groups is 1. The number of aromatic hydroxyl groups is 1. The molecule has 1 heterocycles. The van der Waals surface area contributed by atoms with Crippen molar-refractivity contribution in [1.29, 1.82) is 0 Å². The quantitative estimate of drug-likeness (QED) is 0.831. The van der Waals surface area contributed by atoms with Crippen LogP contribution >= 0.6 is 0 Å². The third kappa shape index (κ3) is 3.22. The highest BCUT2D eigenvalue weighted by atomic mass is 16.3. The Morgan fingerprint density at radius 1 is 1.50 bits per heavy atom. The fourth-order valence-corrected chi connectivity index (χ4v) is 1.56. The number of hydrogen-bond acceptors (Lipinski definition) is 3. The molecule has 0 spiro atoms. The number of hydrogen-bond donors (Lipinski definition) is 1. The number of amides is 1. The van der Waals surface area contributed by atoms with Crippen molar-refractivity contribution < 1.29 is 9.90 Å². The maximum atomic E-state index is 12.0. The van der Waals surface area contributed by atoms with Gasteiger partial charge in [-0.2, -0.15) is 0 Å². The Balaban J connectivity index is 2.83. The molecule has 0 saturated heterocycles. The summed E-state index contributed by atoms with van der Waals surface area (Å²) in [6.45, 7) is 6.81. The molecule has 4 nitrogen and oxygen atoms in total. The highest BCUT2D eigenvalue weighted by Gasteiger charge is 2.20. The molecular formula is C12H18N2O2. The first-order valence-electron chi connectivity index (χ1n) is 5.20. The highest BCUT2D eigenvalue weighted by Crippen LogP contribution is 2.19. The van der Waals surface area contributed by atoms with Gasteiger partial charge in [0.25, 0.3) is 5.91 Å². The van der Waals surface area contributed by atoms with Crippen molar-refractivity contribution in [3.8, 4) is 5.75 Å².